The first-order chi connectivity index (χ1) is 5.81. The molecule has 0 radical (unpaired) electrons. The quantitative estimate of drug-likeness (QED) is 0.634. The van der Waals surface area contributed by atoms with Crippen molar-refractivity contribution in [2.24, 2.45) is 0 Å². The van der Waals surface area contributed by atoms with Crippen LogP contribution in [-0.2, 0) is 4.79 Å². The smallest absolute Gasteiger partial charge is 0.157 e. The molecule has 0 aromatic carbocycles. The highest BCUT2D eigenvalue weighted by atomic mass is 16.1. The Hall–Kier alpha value is -0.790. The van der Waals surface area contributed by atoms with E-state index in [1.54, 1.807) is 0 Å². The molecule has 2 nitrogen and oxygen atoms in total. The minimum absolute atomic E-state index is 0.309. The first-order valence-electron chi connectivity index (χ1n) is 4.81. The van der Waals surface area contributed by atoms with Crippen LogP contribution in [-0.4, -0.2) is 23.3 Å². The third kappa shape index (κ3) is 1.38. The van der Waals surface area contributed by atoms with E-state index in [-0.39, 0.29) is 0 Å². The molecule has 0 atom stereocenters. The molecule has 12 heavy (non-hydrogen) atoms. The second-order valence-electron chi connectivity index (χ2n) is 3.62. The maximum atomic E-state index is 11.0. The van der Waals surface area contributed by atoms with Crippen LogP contribution in [0.5, 0.6) is 0 Å². The fourth-order valence-electron chi connectivity index (χ4n) is 1.89. The van der Waals surface area contributed by atoms with Gasteiger partial charge in [-0.15, -0.1) is 0 Å². The number of allylic oxidation sites excluding steroid dienone is 2. The maximum absolute atomic E-state index is 11.0. The lowest BCUT2D eigenvalue weighted by Gasteiger charge is -2.23. The zero-order valence-electron chi connectivity index (χ0n) is 7.55. The Morgan fingerprint density at radius 3 is 2.67 bits per heavy atom. The first kappa shape index (κ1) is 7.84. The van der Waals surface area contributed by atoms with Crippen LogP contribution in [0.2, 0.25) is 0 Å². The van der Waals surface area contributed by atoms with Crippen molar-refractivity contribution in [3.05, 3.63) is 11.8 Å². The van der Waals surface area contributed by atoms with E-state index < -0.39 is 0 Å². The monoisotopic (exact) mass is 165 g/mol. The van der Waals surface area contributed by atoms with Gasteiger partial charge < -0.3 is 4.90 Å². The molecule has 1 saturated carbocycles. The van der Waals surface area contributed by atoms with E-state index in [4.69, 9.17) is 0 Å². The summed E-state index contributed by atoms with van der Waals surface area (Å²) in [7, 11) is 0. The van der Waals surface area contributed by atoms with Crippen LogP contribution < -0.4 is 0 Å². The molecule has 2 rings (SSSR count). The van der Waals surface area contributed by atoms with Gasteiger partial charge in [0.15, 0.2) is 5.78 Å². The Labute approximate surface area is 73.2 Å². The molecule has 0 heterocycles. The van der Waals surface area contributed by atoms with Crippen molar-refractivity contribution in [1.82, 2.24) is 4.90 Å². The van der Waals surface area contributed by atoms with E-state index in [1.807, 2.05) is 6.08 Å². The molecule has 0 unspecified atom stereocenters. The number of hydrogen-bond donors (Lipinski definition) is 0. The van der Waals surface area contributed by atoms with E-state index in [0.29, 0.717) is 5.78 Å². The summed E-state index contributed by atoms with van der Waals surface area (Å²) in [4.78, 5) is 13.4. The summed E-state index contributed by atoms with van der Waals surface area (Å²) < 4.78 is 0. The minimum Gasteiger partial charge on any atom is -0.372 e. The van der Waals surface area contributed by atoms with E-state index in [1.165, 1.54) is 18.5 Å². The molecule has 1 fully saturated rings. The molecular formula is C10H15NO. The highest BCUT2D eigenvalue weighted by Crippen LogP contribution is 2.32. The standard InChI is InChI=1S/C10H15NO/c1-2-11(8-3-4-8)9-5-6-10(12)7-9/h7-8H,2-6H2,1H3. The highest BCUT2D eigenvalue weighted by Gasteiger charge is 2.30. The van der Waals surface area contributed by atoms with Crippen LogP contribution in [0, 0.1) is 0 Å². The Bertz CT molecular complexity index is 228. The number of rotatable bonds is 3. The molecule has 66 valence electrons. The van der Waals surface area contributed by atoms with Crippen LogP contribution in [0.15, 0.2) is 11.8 Å². The SMILES string of the molecule is CCN(C1=CC(=O)CC1)C1CC1. The Morgan fingerprint density at radius 2 is 2.25 bits per heavy atom. The lowest BCUT2D eigenvalue weighted by Crippen LogP contribution is -2.23. The lowest BCUT2D eigenvalue weighted by molar-refractivity contribution is -0.114. The molecule has 0 N–H and O–H groups in total. The first-order valence-corrected chi connectivity index (χ1v) is 4.81. The zero-order chi connectivity index (χ0) is 8.55. The second kappa shape index (κ2) is 2.92. The predicted octanol–water partition coefficient (Wildman–Crippen LogP) is 1.72. The third-order valence-electron chi connectivity index (χ3n) is 2.65. The largest absolute Gasteiger partial charge is 0.372 e. The van der Waals surface area contributed by atoms with Gasteiger partial charge in [0, 0.05) is 30.8 Å². The summed E-state index contributed by atoms with van der Waals surface area (Å²) in [6.07, 6.45) is 6.18. The molecule has 0 bridgehead atoms. The summed E-state index contributed by atoms with van der Waals surface area (Å²) in [5.41, 5.74) is 1.28. The number of hydrogen-bond acceptors (Lipinski definition) is 2. The molecule has 0 amide bonds. The average Bonchev–Trinajstić information content (AvgIpc) is 2.78. The summed E-state index contributed by atoms with van der Waals surface area (Å²) in [6.45, 7) is 3.23. The minimum atomic E-state index is 0.309. The summed E-state index contributed by atoms with van der Waals surface area (Å²) >= 11 is 0. The second-order valence-corrected chi connectivity index (χ2v) is 3.62. The molecule has 2 heteroatoms. The van der Waals surface area contributed by atoms with Crippen molar-refractivity contribution < 1.29 is 4.79 Å². The van der Waals surface area contributed by atoms with Gasteiger partial charge in [-0.2, -0.15) is 0 Å². The molecular weight excluding hydrogens is 150 g/mol. The Balaban J connectivity index is 2.05. The molecule has 0 aromatic heterocycles. The van der Waals surface area contributed by atoms with Gasteiger partial charge in [-0.3, -0.25) is 4.79 Å². The van der Waals surface area contributed by atoms with Crippen LogP contribution in [0.25, 0.3) is 0 Å². The van der Waals surface area contributed by atoms with Crippen LogP contribution in [0.4, 0.5) is 0 Å². The summed E-state index contributed by atoms with van der Waals surface area (Å²) in [6, 6.07) is 0.757. The molecule has 2 aliphatic rings. The van der Waals surface area contributed by atoms with Gasteiger partial charge in [-0.05, 0) is 26.2 Å². The third-order valence-corrected chi connectivity index (χ3v) is 2.65. The molecule has 2 aliphatic carbocycles. The number of nitrogens with zero attached hydrogens (tertiary/aromatic N) is 1. The average molecular weight is 165 g/mol. The molecule has 0 aliphatic heterocycles. The van der Waals surface area contributed by atoms with Crippen molar-refractivity contribution >= 4 is 5.78 Å². The normalized spacial score (nSPS) is 22.8. The highest BCUT2D eigenvalue weighted by molar-refractivity contribution is 5.92. The fourth-order valence-corrected chi connectivity index (χ4v) is 1.89. The lowest BCUT2D eigenvalue weighted by atomic mass is 10.3. The van der Waals surface area contributed by atoms with Gasteiger partial charge in [-0.25, -0.2) is 0 Å². The van der Waals surface area contributed by atoms with Crippen molar-refractivity contribution in [2.45, 2.75) is 38.6 Å². The number of ketones is 1. The Kier molecular flexibility index (Phi) is 1.91. The van der Waals surface area contributed by atoms with E-state index in [2.05, 4.69) is 11.8 Å². The number of carbonyl (C=O) groups is 1. The van der Waals surface area contributed by atoms with Crippen molar-refractivity contribution in [3.63, 3.8) is 0 Å². The predicted molar refractivity (Wildman–Crippen MR) is 47.7 cm³/mol. The molecule has 0 aromatic rings. The van der Waals surface area contributed by atoms with Gasteiger partial charge in [-0.1, -0.05) is 0 Å². The zero-order valence-corrected chi connectivity index (χ0v) is 7.55. The van der Waals surface area contributed by atoms with Gasteiger partial charge in [0.1, 0.15) is 0 Å². The van der Waals surface area contributed by atoms with Gasteiger partial charge >= 0.3 is 0 Å². The summed E-state index contributed by atoms with van der Waals surface area (Å²) in [5, 5.41) is 0. The van der Waals surface area contributed by atoms with Crippen LogP contribution >= 0.6 is 0 Å². The molecule has 0 spiro atoms. The van der Waals surface area contributed by atoms with Gasteiger partial charge in [0.05, 0.1) is 0 Å². The van der Waals surface area contributed by atoms with E-state index in [9.17, 15) is 4.79 Å². The van der Waals surface area contributed by atoms with Crippen molar-refractivity contribution in [3.8, 4) is 0 Å². The fraction of sp³-hybridized carbons (Fsp3) is 0.700. The summed E-state index contributed by atoms with van der Waals surface area (Å²) in [5.74, 6) is 0.309. The molecule has 0 saturated heterocycles. The van der Waals surface area contributed by atoms with Gasteiger partial charge in [0.25, 0.3) is 0 Å². The number of carbonyl (C=O) groups excluding carboxylic acids is 1. The maximum Gasteiger partial charge on any atom is 0.157 e. The van der Waals surface area contributed by atoms with Crippen LogP contribution in [0.1, 0.15) is 32.6 Å². The van der Waals surface area contributed by atoms with E-state index >= 15 is 0 Å². The van der Waals surface area contributed by atoms with Crippen molar-refractivity contribution in [2.75, 3.05) is 6.54 Å². The topological polar surface area (TPSA) is 20.3 Å². The van der Waals surface area contributed by atoms with E-state index in [0.717, 1.165) is 25.4 Å². The van der Waals surface area contributed by atoms with Crippen molar-refractivity contribution in [1.29, 1.82) is 0 Å². The van der Waals surface area contributed by atoms with Crippen LogP contribution in [0.3, 0.4) is 0 Å². The van der Waals surface area contributed by atoms with Gasteiger partial charge in [0.2, 0.25) is 0 Å². The Morgan fingerprint density at radius 1 is 1.50 bits per heavy atom.